The first kappa shape index (κ1) is 15.4. The predicted molar refractivity (Wildman–Crippen MR) is 93.7 cm³/mol. The van der Waals surface area contributed by atoms with Crippen molar-refractivity contribution >= 4 is 11.6 Å². The number of hydrogen-bond acceptors (Lipinski definition) is 4. The van der Waals surface area contributed by atoms with Crippen LogP contribution in [0.2, 0.25) is 0 Å². The summed E-state index contributed by atoms with van der Waals surface area (Å²) in [5, 5.41) is 2.76. The molecule has 0 spiro atoms. The highest BCUT2D eigenvalue weighted by atomic mass is 16.5. The molecule has 1 aliphatic rings. The minimum atomic E-state index is -0.296. The summed E-state index contributed by atoms with van der Waals surface area (Å²) < 4.78 is 11.4. The number of anilines is 1. The Morgan fingerprint density at radius 3 is 2.80 bits per heavy atom. The molecule has 4 rings (SSSR count). The molecule has 0 fully saturated rings. The number of pyridine rings is 1. The fourth-order valence-electron chi connectivity index (χ4n) is 3.00. The molecule has 0 radical (unpaired) electrons. The van der Waals surface area contributed by atoms with Crippen LogP contribution in [0.15, 0.2) is 59.3 Å². The lowest BCUT2D eigenvalue weighted by Gasteiger charge is -2.06. The van der Waals surface area contributed by atoms with E-state index in [-0.39, 0.29) is 11.7 Å². The average molecular weight is 334 g/mol. The molecule has 1 amide bonds. The van der Waals surface area contributed by atoms with Crippen molar-refractivity contribution in [1.82, 2.24) is 4.98 Å². The molecule has 2 aromatic heterocycles. The first-order valence-corrected chi connectivity index (χ1v) is 8.32. The van der Waals surface area contributed by atoms with E-state index in [0.717, 1.165) is 18.6 Å². The van der Waals surface area contributed by atoms with Crippen LogP contribution in [0.1, 0.15) is 33.9 Å². The molecule has 0 atom stereocenters. The highest BCUT2D eigenvalue weighted by molar-refractivity contribution is 6.02. The zero-order valence-electron chi connectivity index (χ0n) is 13.7. The van der Waals surface area contributed by atoms with Crippen LogP contribution in [0.3, 0.4) is 0 Å². The van der Waals surface area contributed by atoms with Crippen LogP contribution in [-0.2, 0) is 19.4 Å². The second kappa shape index (κ2) is 6.81. The normalized spacial score (nSPS) is 12.6. The zero-order chi connectivity index (χ0) is 17.1. The molecule has 0 aliphatic heterocycles. The maximum atomic E-state index is 12.2. The van der Waals surface area contributed by atoms with E-state index in [0.29, 0.717) is 18.1 Å². The largest absolute Gasteiger partial charge is 0.486 e. The van der Waals surface area contributed by atoms with E-state index in [9.17, 15) is 4.79 Å². The highest BCUT2D eigenvalue weighted by Crippen LogP contribution is 2.26. The van der Waals surface area contributed by atoms with Gasteiger partial charge in [-0.1, -0.05) is 6.07 Å². The Morgan fingerprint density at radius 1 is 1.08 bits per heavy atom. The van der Waals surface area contributed by atoms with E-state index in [1.807, 2.05) is 6.07 Å². The number of amides is 1. The summed E-state index contributed by atoms with van der Waals surface area (Å²) in [6.07, 6.45) is 6.73. The van der Waals surface area contributed by atoms with Crippen molar-refractivity contribution in [2.24, 2.45) is 0 Å². The van der Waals surface area contributed by atoms with Crippen LogP contribution in [0.25, 0.3) is 0 Å². The van der Waals surface area contributed by atoms with Gasteiger partial charge in [-0.15, -0.1) is 0 Å². The molecular formula is C20H18N2O3. The Hall–Kier alpha value is -3.08. The topological polar surface area (TPSA) is 64.4 Å². The molecule has 25 heavy (non-hydrogen) atoms. The zero-order valence-corrected chi connectivity index (χ0v) is 13.7. The Kier molecular flexibility index (Phi) is 4.21. The molecule has 1 aromatic carbocycles. The average Bonchev–Trinajstić information content (AvgIpc) is 3.29. The molecule has 126 valence electrons. The number of rotatable bonds is 5. The summed E-state index contributed by atoms with van der Waals surface area (Å²) in [6, 6.07) is 13.1. The van der Waals surface area contributed by atoms with Gasteiger partial charge in [0, 0.05) is 18.1 Å². The molecule has 0 bridgehead atoms. The molecule has 2 heterocycles. The number of carbonyl (C=O) groups is 1. The molecule has 3 aromatic rings. The van der Waals surface area contributed by atoms with E-state index in [1.165, 1.54) is 17.5 Å². The van der Waals surface area contributed by atoms with Crippen LogP contribution in [-0.4, -0.2) is 10.9 Å². The first-order valence-electron chi connectivity index (χ1n) is 8.32. The van der Waals surface area contributed by atoms with Crippen molar-refractivity contribution in [2.75, 3.05) is 5.32 Å². The summed E-state index contributed by atoms with van der Waals surface area (Å²) in [5.74, 6) is 1.40. The number of carbonyl (C=O) groups excluding carboxylic acids is 1. The number of hydrogen-bond donors (Lipinski definition) is 1. The molecule has 0 saturated heterocycles. The second-order valence-corrected chi connectivity index (χ2v) is 6.03. The third-order valence-corrected chi connectivity index (χ3v) is 4.27. The number of benzene rings is 1. The van der Waals surface area contributed by atoms with Crippen LogP contribution in [0, 0.1) is 0 Å². The van der Waals surface area contributed by atoms with Crippen LogP contribution in [0.4, 0.5) is 5.69 Å². The number of nitrogens with one attached hydrogen (secondary N) is 1. The molecule has 5 heteroatoms. The minimum absolute atomic E-state index is 0.254. The number of ether oxygens (including phenoxy) is 1. The first-order chi connectivity index (χ1) is 12.3. The van der Waals surface area contributed by atoms with Gasteiger partial charge in [0.1, 0.15) is 18.1 Å². The van der Waals surface area contributed by atoms with E-state index in [2.05, 4.69) is 22.4 Å². The van der Waals surface area contributed by atoms with Crippen molar-refractivity contribution in [1.29, 1.82) is 0 Å². The number of furan rings is 1. The molecule has 0 saturated carbocycles. The lowest BCUT2D eigenvalue weighted by molar-refractivity contribution is 0.0992. The van der Waals surface area contributed by atoms with Gasteiger partial charge in [-0.2, -0.15) is 0 Å². The van der Waals surface area contributed by atoms with Crippen molar-refractivity contribution in [3.8, 4) is 5.75 Å². The summed E-state index contributed by atoms with van der Waals surface area (Å²) in [4.78, 5) is 16.1. The standard InChI is InChI=1S/C20H18N2O3/c23-20(22-16-8-10-21-11-9-16)19-7-6-18(25-19)13-24-17-5-4-14-2-1-3-15(14)12-17/h4-12H,1-3,13H2,(H,21,22,23). The van der Waals surface area contributed by atoms with E-state index < -0.39 is 0 Å². The highest BCUT2D eigenvalue weighted by Gasteiger charge is 2.13. The van der Waals surface area contributed by atoms with Crippen LogP contribution in [0.5, 0.6) is 5.75 Å². The van der Waals surface area contributed by atoms with Crippen molar-refractivity contribution in [3.05, 3.63) is 77.5 Å². The smallest absolute Gasteiger partial charge is 0.291 e. The monoisotopic (exact) mass is 334 g/mol. The summed E-state index contributed by atoms with van der Waals surface area (Å²) in [5.41, 5.74) is 3.46. The van der Waals surface area contributed by atoms with Crippen molar-refractivity contribution in [2.45, 2.75) is 25.9 Å². The van der Waals surface area contributed by atoms with Gasteiger partial charge in [0.2, 0.25) is 0 Å². The third-order valence-electron chi connectivity index (χ3n) is 4.27. The predicted octanol–water partition coefficient (Wildman–Crippen LogP) is 3.99. The maximum Gasteiger partial charge on any atom is 0.291 e. The Morgan fingerprint density at radius 2 is 1.92 bits per heavy atom. The van der Waals surface area contributed by atoms with Gasteiger partial charge >= 0.3 is 0 Å². The number of fused-ring (bicyclic) bond motifs is 1. The van der Waals surface area contributed by atoms with Crippen molar-refractivity contribution in [3.63, 3.8) is 0 Å². The lowest BCUT2D eigenvalue weighted by atomic mass is 10.1. The number of nitrogens with zero attached hydrogens (tertiary/aromatic N) is 1. The fourth-order valence-corrected chi connectivity index (χ4v) is 3.00. The van der Waals surface area contributed by atoms with Gasteiger partial charge in [-0.3, -0.25) is 9.78 Å². The van der Waals surface area contributed by atoms with Gasteiger partial charge in [0.15, 0.2) is 5.76 Å². The van der Waals surface area contributed by atoms with Gasteiger partial charge in [-0.25, -0.2) is 0 Å². The lowest BCUT2D eigenvalue weighted by Crippen LogP contribution is -2.10. The molecule has 1 aliphatic carbocycles. The molecular weight excluding hydrogens is 316 g/mol. The molecule has 0 unspecified atom stereocenters. The minimum Gasteiger partial charge on any atom is -0.486 e. The van der Waals surface area contributed by atoms with Gasteiger partial charge < -0.3 is 14.5 Å². The second-order valence-electron chi connectivity index (χ2n) is 6.03. The summed E-state index contributed by atoms with van der Waals surface area (Å²) in [6.45, 7) is 0.293. The van der Waals surface area contributed by atoms with Gasteiger partial charge in [-0.05, 0) is 66.8 Å². The van der Waals surface area contributed by atoms with E-state index in [4.69, 9.17) is 9.15 Å². The van der Waals surface area contributed by atoms with Crippen LogP contribution < -0.4 is 10.1 Å². The Bertz CT molecular complexity index is 887. The summed E-state index contributed by atoms with van der Waals surface area (Å²) >= 11 is 0. The SMILES string of the molecule is O=C(Nc1ccncc1)c1ccc(COc2ccc3c(c2)CCC3)o1. The fraction of sp³-hybridized carbons (Fsp3) is 0.200. The number of aryl methyl sites for hydroxylation is 2. The third kappa shape index (κ3) is 3.55. The van der Waals surface area contributed by atoms with Gasteiger partial charge in [0.25, 0.3) is 5.91 Å². The Balaban J connectivity index is 1.37. The van der Waals surface area contributed by atoms with Gasteiger partial charge in [0.05, 0.1) is 0 Å². The summed E-state index contributed by atoms with van der Waals surface area (Å²) in [7, 11) is 0. The Labute approximate surface area is 145 Å². The maximum absolute atomic E-state index is 12.2. The number of aromatic nitrogens is 1. The molecule has 1 N–H and O–H groups in total. The van der Waals surface area contributed by atoms with Crippen LogP contribution >= 0.6 is 0 Å². The van der Waals surface area contributed by atoms with E-state index in [1.54, 1.807) is 36.7 Å². The quantitative estimate of drug-likeness (QED) is 0.766. The van der Waals surface area contributed by atoms with E-state index >= 15 is 0 Å². The van der Waals surface area contributed by atoms with Crippen molar-refractivity contribution < 1.29 is 13.9 Å². The molecule has 5 nitrogen and oxygen atoms in total.